The van der Waals surface area contributed by atoms with E-state index in [-0.39, 0.29) is 11.9 Å². The molecule has 24 heavy (non-hydrogen) atoms. The van der Waals surface area contributed by atoms with E-state index in [2.05, 4.69) is 12.2 Å². The van der Waals surface area contributed by atoms with Gasteiger partial charge in [0, 0.05) is 10.4 Å². The summed E-state index contributed by atoms with van der Waals surface area (Å²) >= 11 is 1.50. The highest BCUT2D eigenvalue weighted by atomic mass is 32.1. The van der Waals surface area contributed by atoms with Gasteiger partial charge in [0.2, 0.25) is 0 Å². The number of esters is 1. The first-order valence-corrected chi connectivity index (χ1v) is 8.92. The molecular formula is C19H21NO3S. The van der Waals surface area contributed by atoms with Crippen LogP contribution in [0.3, 0.4) is 0 Å². The van der Waals surface area contributed by atoms with Crippen molar-refractivity contribution < 1.29 is 14.3 Å². The number of benzene rings is 1. The topological polar surface area (TPSA) is 55.4 Å². The summed E-state index contributed by atoms with van der Waals surface area (Å²) in [4.78, 5) is 25.9. The molecule has 4 nitrogen and oxygen atoms in total. The van der Waals surface area contributed by atoms with Gasteiger partial charge in [-0.05, 0) is 49.8 Å². The Bertz CT molecular complexity index is 777. The number of methoxy groups -OCH3 is 1. The van der Waals surface area contributed by atoms with Crippen molar-refractivity contribution >= 4 is 28.2 Å². The highest BCUT2D eigenvalue weighted by Gasteiger charge is 2.28. The number of hydrogen-bond acceptors (Lipinski definition) is 4. The molecule has 0 spiro atoms. The number of amides is 1. The molecule has 0 bridgehead atoms. The summed E-state index contributed by atoms with van der Waals surface area (Å²) in [6.07, 6.45) is 2.86. The van der Waals surface area contributed by atoms with Crippen LogP contribution >= 0.6 is 11.3 Å². The second kappa shape index (κ2) is 6.77. The minimum absolute atomic E-state index is 0.202. The lowest BCUT2D eigenvalue weighted by Gasteiger charge is -2.18. The van der Waals surface area contributed by atoms with E-state index < -0.39 is 0 Å². The smallest absolute Gasteiger partial charge is 0.341 e. The number of fused-ring (bicyclic) bond motifs is 1. The molecule has 1 N–H and O–H groups in total. The quantitative estimate of drug-likeness (QED) is 0.849. The normalized spacial score (nSPS) is 16.4. The predicted molar refractivity (Wildman–Crippen MR) is 96.0 cm³/mol. The van der Waals surface area contributed by atoms with E-state index in [1.54, 1.807) is 12.1 Å². The molecular weight excluding hydrogens is 322 g/mol. The summed E-state index contributed by atoms with van der Waals surface area (Å²) in [6.45, 7) is 4.19. The zero-order valence-corrected chi connectivity index (χ0v) is 15.0. The number of ether oxygens (including phenoxy) is 1. The third-order valence-corrected chi connectivity index (χ3v) is 5.61. The van der Waals surface area contributed by atoms with Gasteiger partial charge in [0.05, 0.1) is 12.7 Å². The van der Waals surface area contributed by atoms with Crippen LogP contribution in [0.1, 0.15) is 50.1 Å². The molecule has 1 aromatic heterocycles. The van der Waals surface area contributed by atoms with Crippen LogP contribution in [-0.2, 0) is 17.6 Å². The Hall–Kier alpha value is -2.14. The van der Waals surface area contributed by atoms with Gasteiger partial charge in [-0.2, -0.15) is 0 Å². The van der Waals surface area contributed by atoms with E-state index in [0.29, 0.717) is 22.0 Å². The molecule has 0 fully saturated rings. The second-order valence-electron chi connectivity index (χ2n) is 6.37. The molecule has 2 aromatic rings. The van der Waals surface area contributed by atoms with E-state index in [4.69, 9.17) is 4.74 Å². The first kappa shape index (κ1) is 16.7. The lowest BCUT2D eigenvalue weighted by Crippen LogP contribution is -2.16. The average Bonchev–Trinajstić information content (AvgIpc) is 2.91. The van der Waals surface area contributed by atoms with E-state index in [0.717, 1.165) is 30.4 Å². The summed E-state index contributed by atoms with van der Waals surface area (Å²) in [5.74, 6) is 0.0235. The summed E-state index contributed by atoms with van der Waals surface area (Å²) in [5.41, 5.74) is 3.26. The molecule has 0 unspecified atom stereocenters. The van der Waals surface area contributed by atoms with Crippen LogP contribution in [-0.4, -0.2) is 19.0 Å². The Labute approximate surface area is 145 Å². The van der Waals surface area contributed by atoms with Crippen LogP contribution in [0.2, 0.25) is 0 Å². The SMILES string of the molecule is COC(=O)c1c(NC(=O)c2ccc(C)cc2)sc2c1CC[C@H](C)C2. The molecule has 0 saturated heterocycles. The zero-order valence-electron chi connectivity index (χ0n) is 14.1. The van der Waals surface area contributed by atoms with Crippen molar-refractivity contribution in [1.82, 2.24) is 0 Å². The van der Waals surface area contributed by atoms with Gasteiger partial charge in [-0.1, -0.05) is 24.6 Å². The van der Waals surface area contributed by atoms with Crippen molar-refractivity contribution in [1.29, 1.82) is 0 Å². The van der Waals surface area contributed by atoms with Gasteiger partial charge in [-0.15, -0.1) is 11.3 Å². The van der Waals surface area contributed by atoms with Gasteiger partial charge < -0.3 is 10.1 Å². The van der Waals surface area contributed by atoms with Crippen molar-refractivity contribution in [2.75, 3.05) is 12.4 Å². The monoisotopic (exact) mass is 343 g/mol. The fraction of sp³-hybridized carbons (Fsp3) is 0.368. The minimum Gasteiger partial charge on any atom is -0.465 e. The van der Waals surface area contributed by atoms with Crippen LogP contribution in [0.15, 0.2) is 24.3 Å². The number of carbonyl (C=O) groups is 2. The van der Waals surface area contributed by atoms with Gasteiger partial charge >= 0.3 is 5.97 Å². The molecule has 1 aliphatic carbocycles. The predicted octanol–water partition coefficient (Wildman–Crippen LogP) is 4.22. The fourth-order valence-electron chi connectivity index (χ4n) is 3.04. The largest absolute Gasteiger partial charge is 0.465 e. The number of aryl methyl sites for hydroxylation is 1. The Kier molecular flexibility index (Phi) is 4.71. The molecule has 1 heterocycles. The summed E-state index contributed by atoms with van der Waals surface area (Å²) in [5, 5.41) is 3.52. The van der Waals surface area contributed by atoms with Crippen molar-refractivity contribution in [3.8, 4) is 0 Å². The highest BCUT2D eigenvalue weighted by molar-refractivity contribution is 7.17. The standard InChI is InChI=1S/C19H21NO3S/c1-11-4-7-13(8-5-11)17(21)20-18-16(19(22)23-3)14-9-6-12(2)10-15(14)24-18/h4-5,7-8,12H,6,9-10H2,1-3H3,(H,20,21)/t12-/m0/s1. The van der Waals surface area contributed by atoms with Crippen LogP contribution in [0.4, 0.5) is 5.00 Å². The molecule has 126 valence electrons. The Morgan fingerprint density at radius 1 is 1.25 bits per heavy atom. The number of hydrogen-bond donors (Lipinski definition) is 1. The molecule has 0 aliphatic heterocycles. The second-order valence-corrected chi connectivity index (χ2v) is 7.47. The summed E-state index contributed by atoms with van der Waals surface area (Å²) in [7, 11) is 1.38. The van der Waals surface area contributed by atoms with Gasteiger partial charge in [-0.3, -0.25) is 4.79 Å². The lowest BCUT2D eigenvalue weighted by atomic mass is 9.88. The lowest BCUT2D eigenvalue weighted by molar-refractivity contribution is 0.0601. The van der Waals surface area contributed by atoms with Crippen LogP contribution < -0.4 is 5.32 Å². The number of rotatable bonds is 3. The third kappa shape index (κ3) is 3.22. The minimum atomic E-state index is -0.374. The van der Waals surface area contributed by atoms with E-state index in [1.807, 2.05) is 19.1 Å². The Morgan fingerprint density at radius 2 is 1.96 bits per heavy atom. The van der Waals surface area contributed by atoms with Crippen molar-refractivity contribution in [3.05, 3.63) is 51.4 Å². The summed E-state index contributed by atoms with van der Waals surface area (Å²) < 4.78 is 4.95. The van der Waals surface area contributed by atoms with Gasteiger partial charge in [-0.25, -0.2) is 4.79 Å². The van der Waals surface area contributed by atoms with Gasteiger partial charge in [0.1, 0.15) is 5.00 Å². The van der Waals surface area contributed by atoms with Crippen molar-refractivity contribution in [2.45, 2.75) is 33.1 Å². The first-order chi connectivity index (χ1) is 11.5. The average molecular weight is 343 g/mol. The first-order valence-electron chi connectivity index (χ1n) is 8.10. The molecule has 1 amide bonds. The maximum atomic E-state index is 12.5. The highest BCUT2D eigenvalue weighted by Crippen LogP contribution is 2.40. The Balaban J connectivity index is 1.93. The van der Waals surface area contributed by atoms with E-state index in [9.17, 15) is 9.59 Å². The van der Waals surface area contributed by atoms with Gasteiger partial charge in [0.25, 0.3) is 5.91 Å². The maximum Gasteiger partial charge on any atom is 0.341 e. The molecule has 3 rings (SSSR count). The van der Waals surface area contributed by atoms with Crippen molar-refractivity contribution in [2.24, 2.45) is 5.92 Å². The number of anilines is 1. The Morgan fingerprint density at radius 3 is 2.62 bits per heavy atom. The molecule has 1 aliphatic rings. The van der Waals surface area contributed by atoms with Crippen LogP contribution in [0.25, 0.3) is 0 Å². The molecule has 0 saturated carbocycles. The number of thiophene rings is 1. The maximum absolute atomic E-state index is 12.5. The fourth-order valence-corrected chi connectivity index (χ4v) is 4.43. The molecule has 5 heteroatoms. The van der Waals surface area contributed by atoms with E-state index in [1.165, 1.54) is 23.3 Å². The summed E-state index contributed by atoms with van der Waals surface area (Å²) in [6, 6.07) is 7.38. The molecule has 1 aromatic carbocycles. The molecule has 0 radical (unpaired) electrons. The number of nitrogens with one attached hydrogen (secondary N) is 1. The molecule has 1 atom stereocenters. The van der Waals surface area contributed by atoms with Crippen molar-refractivity contribution in [3.63, 3.8) is 0 Å². The van der Waals surface area contributed by atoms with Crippen LogP contribution in [0.5, 0.6) is 0 Å². The van der Waals surface area contributed by atoms with Crippen LogP contribution in [0, 0.1) is 12.8 Å². The van der Waals surface area contributed by atoms with E-state index >= 15 is 0 Å². The number of carbonyl (C=O) groups excluding carboxylic acids is 2. The van der Waals surface area contributed by atoms with Gasteiger partial charge in [0.15, 0.2) is 0 Å². The zero-order chi connectivity index (χ0) is 17.3. The third-order valence-electron chi connectivity index (χ3n) is 4.44.